The quantitative estimate of drug-likeness (QED) is 0.661. The average molecular weight is 251 g/mol. The highest BCUT2D eigenvalue weighted by molar-refractivity contribution is 5.75. The zero-order chi connectivity index (χ0) is 13.6. The Morgan fingerprint density at radius 1 is 0.789 bits per heavy atom. The van der Waals surface area contributed by atoms with E-state index in [9.17, 15) is 0 Å². The first-order valence-electron chi connectivity index (χ1n) is 6.48. The molecule has 2 aliphatic heterocycles. The SMILES string of the molecule is Cc1nc(C)c2c(C)n(-c3ccccc3)nc(C)c1-2. The number of aromatic nitrogens is 3. The summed E-state index contributed by atoms with van der Waals surface area (Å²) >= 11 is 0. The van der Waals surface area contributed by atoms with E-state index < -0.39 is 0 Å². The number of hydrogen-bond donors (Lipinski definition) is 0. The smallest absolute Gasteiger partial charge is 0.0680 e. The molecule has 2 heterocycles. The monoisotopic (exact) mass is 251 g/mol. The molecule has 1 aromatic rings. The van der Waals surface area contributed by atoms with E-state index in [1.165, 1.54) is 11.1 Å². The van der Waals surface area contributed by atoms with Crippen LogP contribution >= 0.6 is 0 Å². The second-order valence-electron chi connectivity index (χ2n) is 4.95. The van der Waals surface area contributed by atoms with Crippen LogP contribution in [0.25, 0.3) is 16.8 Å². The molecule has 0 unspecified atom stereocenters. The Morgan fingerprint density at radius 3 is 2.11 bits per heavy atom. The molecule has 0 aliphatic carbocycles. The molecular weight excluding hydrogens is 234 g/mol. The normalized spacial score (nSPS) is 11.2. The second kappa shape index (κ2) is 4.19. The molecule has 0 spiro atoms. The Balaban J connectivity index is 2.37. The highest BCUT2D eigenvalue weighted by atomic mass is 15.3. The highest BCUT2D eigenvalue weighted by Crippen LogP contribution is 2.34. The van der Waals surface area contributed by atoms with Crippen LogP contribution in [0.4, 0.5) is 0 Å². The van der Waals surface area contributed by atoms with E-state index in [0.717, 1.165) is 28.5 Å². The average Bonchev–Trinajstić information content (AvgIpc) is 2.71. The third kappa shape index (κ3) is 1.73. The summed E-state index contributed by atoms with van der Waals surface area (Å²) in [5.41, 5.74) is 7.84. The van der Waals surface area contributed by atoms with Crippen LogP contribution in [0.15, 0.2) is 30.3 Å². The summed E-state index contributed by atoms with van der Waals surface area (Å²) in [4.78, 5) is 4.59. The highest BCUT2D eigenvalue weighted by Gasteiger charge is 2.21. The zero-order valence-electron chi connectivity index (χ0n) is 11.7. The van der Waals surface area contributed by atoms with Gasteiger partial charge in [0.05, 0.1) is 11.4 Å². The number of para-hydroxylation sites is 1. The van der Waals surface area contributed by atoms with Crippen LogP contribution in [0, 0.1) is 27.7 Å². The van der Waals surface area contributed by atoms with Crippen molar-refractivity contribution in [3.8, 4) is 16.8 Å². The standard InChI is InChI=1S/C16H17N3/c1-10-15-12(3)18-19(14-8-6-5-7-9-14)13(4)16(15)11(2)17-10/h5-9H,1-4H3. The lowest BCUT2D eigenvalue weighted by Gasteiger charge is -2.16. The molecule has 0 amide bonds. The molecule has 96 valence electrons. The Kier molecular flexibility index (Phi) is 2.63. The molecule has 0 fully saturated rings. The van der Waals surface area contributed by atoms with E-state index in [4.69, 9.17) is 5.10 Å². The number of nitrogens with zero attached hydrogens (tertiary/aromatic N) is 3. The van der Waals surface area contributed by atoms with Gasteiger partial charge in [-0.3, -0.25) is 4.98 Å². The van der Waals surface area contributed by atoms with Gasteiger partial charge in [0.25, 0.3) is 0 Å². The number of fused-ring (bicyclic) bond motifs is 1. The first-order chi connectivity index (χ1) is 9.09. The van der Waals surface area contributed by atoms with Crippen LogP contribution in [0.1, 0.15) is 22.8 Å². The third-order valence-corrected chi connectivity index (χ3v) is 3.60. The molecule has 19 heavy (non-hydrogen) atoms. The van der Waals surface area contributed by atoms with Gasteiger partial charge in [0.1, 0.15) is 0 Å². The Labute approximate surface area is 113 Å². The van der Waals surface area contributed by atoms with Crippen molar-refractivity contribution < 1.29 is 0 Å². The number of rotatable bonds is 1. The summed E-state index contributed by atoms with van der Waals surface area (Å²) in [5.74, 6) is 0. The summed E-state index contributed by atoms with van der Waals surface area (Å²) in [6.45, 7) is 8.28. The molecule has 0 N–H and O–H groups in total. The molecule has 0 radical (unpaired) electrons. The number of aryl methyl sites for hydroxylation is 3. The van der Waals surface area contributed by atoms with Crippen molar-refractivity contribution in [3.63, 3.8) is 0 Å². The van der Waals surface area contributed by atoms with Crippen LogP contribution in [0.2, 0.25) is 0 Å². The Hall–Kier alpha value is -2.16. The summed E-state index contributed by atoms with van der Waals surface area (Å²) in [6, 6.07) is 10.2. The minimum absolute atomic E-state index is 1.03. The van der Waals surface area contributed by atoms with Crippen LogP contribution in [-0.4, -0.2) is 14.8 Å². The molecule has 1 aromatic carbocycles. The lowest BCUT2D eigenvalue weighted by Crippen LogP contribution is -2.10. The fraction of sp³-hybridized carbons (Fsp3) is 0.250. The maximum absolute atomic E-state index is 4.72. The van der Waals surface area contributed by atoms with Gasteiger partial charge in [-0.25, -0.2) is 4.68 Å². The van der Waals surface area contributed by atoms with Gasteiger partial charge in [-0.15, -0.1) is 0 Å². The molecule has 0 atom stereocenters. The third-order valence-electron chi connectivity index (χ3n) is 3.60. The first-order valence-corrected chi connectivity index (χ1v) is 6.48. The van der Waals surface area contributed by atoms with Gasteiger partial charge in [-0.1, -0.05) is 18.2 Å². The summed E-state index contributed by atoms with van der Waals surface area (Å²) < 4.78 is 2.01. The minimum atomic E-state index is 1.03. The maximum Gasteiger partial charge on any atom is 0.0680 e. The van der Waals surface area contributed by atoms with Crippen LogP contribution in [0.3, 0.4) is 0 Å². The van der Waals surface area contributed by atoms with Crippen LogP contribution in [-0.2, 0) is 0 Å². The van der Waals surface area contributed by atoms with Crippen molar-refractivity contribution >= 4 is 0 Å². The van der Waals surface area contributed by atoms with Gasteiger partial charge < -0.3 is 0 Å². The minimum Gasteiger partial charge on any atom is -0.257 e. The topological polar surface area (TPSA) is 30.7 Å². The van der Waals surface area contributed by atoms with Gasteiger partial charge in [0.2, 0.25) is 0 Å². The number of benzene rings is 1. The summed E-state index contributed by atoms with van der Waals surface area (Å²) in [6.07, 6.45) is 0. The zero-order valence-corrected chi connectivity index (χ0v) is 11.7. The fourth-order valence-corrected chi connectivity index (χ4v) is 2.81. The van der Waals surface area contributed by atoms with Gasteiger partial charge in [0, 0.05) is 28.2 Å². The lowest BCUT2D eigenvalue weighted by atomic mass is 10.0. The van der Waals surface area contributed by atoms with Crippen molar-refractivity contribution in [1.82, 2.24) is 14.8 Å². The van der Waals surface area contributed by atoms with Gasteiger partial charge in [-0.05, 0) is 39.8 Å². The summed E-state index contributed by atoms with van der Waals surface area (Å²) in [5, 5.41) is 4.72. The van der Waals surface area contributed by atoms with E-state index in [-0.39, 0.29) is 0 Å². The van der Waals surface area contributed by atoms with Crippen molar-refractivity contribution in [3.05, 3.63) is 53.1 Å². The molecule has 3 heteroatoms. The van der Waals surface area contributed by atoms with E-state index in [1.54, 1.807) is 0 Å². The van der Waals surface area contributed by atoms with Crippen LogP contribution < -0.4 is 0 Å². The maximum atomic E-state index is 4.72. The number of hydrogen-bond acceptors (Lipinski definition) is 2. The van der Waals surface area contributed by atoms with Crippen molar-refractivity contribution in [2.24, 2.45) is 0 Å². The van der Waals surface area contributed by atoms with Crippen molar-refractivity contribution in [1.29, 1.82) is 0 Å². The van der Waals surface area contributed by atoms with E-state index in [2.05, 4.69) is 44.8 Å². The second-order valence-corrected chi connectivity index (χ2v) is 4.95. The van der Waals surface area contributed by atoms with Crippen molar-refractivity contribution in [2.45, 2.75) is 27.7 Å². The molecule has 0 bridgehead atoms. The largest absolute Gasteiger partial charge is 0.257 e. The molecule has 0 aromatic heterocycles. The summed E-state index contributed by atoms with van der Waals surface area (Å²) in [7, 11) is 0. The van der Waals surface area contributed by atoms with E-state index in [1.807, 2.05) is 22.9 Å². The lowest BCUT2D eigenvalue weighted by molar-refractivity contribution is 0.786. The Morgan fingerprint density at radius 2 is 1.42 bits per heavy atom. The molecule has 3 rings (SSSR count). The molecular formula is C16H17N3. The predicted molar refractivity (Wildman–Crippen MR) is 76.9 cm³/mol. The van der Waals surface area contributed by atoms with Crippen molar-refractivity contribution in [2.75, 3.05) is 0 Å². The molecule has 2 aliphatic rings. The Bertz CT molecular complexity index is 711. The fourth-order valence-electron chi connectivity index (χ4n) is 2.81. The molecule has 0 saturated carbocycles. The first kappa shape index (κ1) is 11.9. The molecule has 0 saturated heterocycles. The van der Waals surface area contributed by atoms with Gasteiger partial charge in [0.15, 0.2) is 0 Å². The van der Waals surface area contributed by atoms with Crippen LogP contribution in [0.5, 0.6) is 0 Å². The van der Waals surface area contributed by atoms with Gasteiger partial charge in [-0.2, -0.15) is 5.10 Å². The van der Waals surface area contributed by atoms with E-state index >= 15 is 0 Å². The van der Waals surface area contributed by atoms with E-state index in [0.29, 0.717) is 0 Å². The van der Waals surface area contributed by atoms with Gasteiger partial charge >= 0.3 is 0 Å². The predicted octanol–water partition coefficient (Wildman–Crippen LogP) is 3.61. The molecule has 3 nitrogen and oxygen atoms in total.